The number of aromatic nitrogens is 3. The third-order valence-electron chi connectivity index (χ3n) is 7.28. The predicted octanol–water partition coefficient (Wildman–Crippen LogP) is 7.13. The molecular weight excluding hydrogens is 524 g/mol. The summed E-state index contributed by atoms with van der Waals surface area (Å²) in [6.07, 6.45) is 2.29. The molecule has 0 radical (unpaired) electrons. The van der Waals surface area contributed by atoms with E-state index >= 15 is 0 Å². The van der Waals surface area contributed by atoms with E-state index in [1.54, 1.807) is 0 Å². The number of rotatable bonds is 7. The van der Waals surface area contributed by atoms with E-state index in [1.807, 2.05) is 92.2 Å². The van der Waals surface area contributed by atoms with Gasteiger partial charge in [-0.1, -0.05) is 72.8 Å². The summed E-state index contributed by atoms with van der Waals surface area (Å²) in [6.45, 7) is 7.11. The molecule has 0 saturated heterocycles. The number of ether oxygens (including phenoxy) is 1. The average molecular weight is 559 g/mol. The van der Waals surface area contributed by atoms with Gasteiger partial charge in [0.25, 0.3) is 5.56 Å². The monoisotopic (exact) mass is 558 g/mol. The van der Waals surface area contributed by atoms with Crippen molar-refractivity contribution in [1.29, 1.82) is 0 Å². The first-order valence-electron chi connectivity index (χ1n) is 14.3. The van der Waals surface area contributed by atoms with E-state index in [4.69, 9.17) is 9.72 Å². The molecule has 2 heterocycles. The van der Waals surface area contributed by atoms with Gasteiger partial charge in [-0.25, -0.2) is 9.78 Å². The van der Waals surface area contributed by atoms with E-state index in [9.17, 15) is 9.59 Å². The number of nitrogens with one attached hydrogen (secondary N) is 1. The topological polar surface area (TPSA) is 78.2 Å². The number of nitrogens with zero attached hydrogens (tertiary/aromatic N) is 3. The lowest BCUT2D eigenvalue weighted by Crippen LogP contribution is -2.33. The third-order valence-corrected chi connectivity index (χ3v) is 7.28. The van der Waals surface area contributed by atoms with Crippen LogP contribution in [0.25, 0.3) is 44.0 Å². The molecule has 0 unspecified atom stereocenters. The van der Waals surface area contributed by atoms with Gasteiger partial charge in [-0.3, -0.25) is 4.79 Å². The Morgan fingerprint density at radius 3 is 2.33 bits per heavy atom. The summed E-state index contributed by atoms with van der Waals surface area (Å²) in [6, 6.07) is 30.4. The second-order valence-electron chi connectivity index (χ2n) is 11.6. The van der Waals surface area contributed by atoms with Crippen LogP contribution in [0.3, 0.4) is 0 Å². The van der Waals surface area contributed by atoms with Crippen LogP contribution in [0.5, 0.6) is 0 Å². The first-order chi connectivity index (χ1) is 20.3. The van der Waals surface area contributed by atoms with Crippen molar-refractivity contribution in [1.82, 2.24) is 19.4 Å². The molecule has 7 heteroatoms. The zero-order valence-electron chi connectivity index (χ0n) is 24.1. The fraction of sp³-hybridized carbons (Fsp3) is 0.229. The number of aryl methyl sites for hydroxylation is 1. The number of alkyl carbamates (subject to hydrolysis) is 1. The van der Waals surface area contributed by atoms with Crippen molar-refractivity contribution >= 4 is 38.8 Å². The number of benzene rings is 4. The number of fused-ring (bicyclic) bond motifs is 3. The SMILES string of the molecule is CC(C)(C)OC(=O)NCCCn1cc(-c2nc3cc4ccccc4cc3n(Cc3ccccc3)c2=O)c2ccccc21. The largest absolute Gasteiger partial charge is 0.444 e. The number of para-hydroxylation sites is 1. The zero-order chi connectivity index (χ0) is 29.3. The number of hydrogen-bond donors (Lipinski definition) is 1. The molecule has 0 saturated carbocycles. The van der Waals surface area contributed by atoms with Crippen LogP contribution in [0.1, 0.15) is 32.8 Å². The van der Waals surface area contributed by atoms with E-state index in [1.165, 1.54) is 0 Å². The van der Waals surface area contributed by atoms with Gasteiger partial charge in [-0.2, -0.15) is 0 Å². The average Bonchev–Trinajstić information content (AvgIpc) is 3.34. The van der Waals surface area contributed by atoms with Crippen LogP contribution in [0.15, 0.2) is 102 Å². The molecule has 1 amide bonds. The summed E-state index contributed by atoms with van der Waals surface area (Å²) in [5.74, 6) is 0. The molecule has 0 fully saturated rings. The molecule has 0 aliphatic rings. The van der Waals surface area contributed by atoms with Crippen LogP contribution in [-0.2, 0) is 17.8 Å². The molecule has 0 aliphatic carbocycles. The summed E-state index contributed by atoms with van der Waals surface area (Å²) in [4.78, 5) is 31.3. The minimum absolute atomic E-state index is 0.129. The predicted molar refractivity (Wildman–Crippen MR) is 169 cm³/mol. The molecule has 6 rings (SSSR count). The van der Waals surface area contributed by atoms with Crippen molar-refractivity contribution in [2.24, 2.45) is 0 Å². The van der Waals surface area contributed by atoms with E-state index in [0.29, 0.717) is 31.7 Å². The number of carbonyl (C=O) groups is 1. The zero-order valence-corrected chi connectivity index (χ0v) is 24.1. The fourth-order valence-electron chi connectivity index (χ4n) is 5.40. The second kappa shape index (κ2) is 11.2. The van der Waals surface area contributed by atoms with Crippen LogP contribution in [0.4, 0.5) is 4.79 Å². The molecule has 6 aromatic rings. The first-order valence-corrected chi connectivity index (χ1v) is 14.3. The molecule has 0 aliphatic heterocycles. The normalized spacial score (nSPS) is 11.8. The van der Waals surface area contributed by atoms with Crippen molar-refractivity contribution in [3.8, 4) is 11.3 Å². The van der Waals surface area contributed by atoms with E-state index in [-0.39, 0.29) is 5.56 Å². The van der Waals surface area contributed by atoms with Gasteiger partial charge in [0.1, 0.15) is 11.3 Å². The summed E-state index contributed by atoms with van der Waals surface area (Å²) in [5.41, 5.74) is 4.20. The molecule has 212 valence electrons. The van der Waals surface area contributed by atoms with Crippen LogP contribution < -0.4 is 10.9 Å². The fourth-order valence-corrected chi connectivity index (χ4v) is 5.40. The summed E-state index contributed by atoms with van der Waals surface area (Å²) < 4.78 is 9.33. The molecule has 0 bridgehead atoms. The Labute approximate surface area is 244 Å². The highest BCUT2D eigenvalue weighted by Crippen LogP contribution is 2.30. The van der Waals surface area contributed by atoms with E-state index < -0.39 is 11.7 Å². The Morgan fingerprint density at radius 1 is 0.881 bits per heavy atom. The number of amides is 1. The van der Waals surface area contributed by atoms with Gasteiger partial charge in [-0.15, -0.1) is 0 Å². The van der Waals surface area contributed by atoms with Gasteiger partial charge in [0.05, 0.1) is 17.6 Å². The minimum atomic E-state index is -0.540. The van der Waals surface area contributed by atoms with Gasteiger partial charge < -0.3 is 19.2 Å². The van der Waals surface area contributed by atoms with Gasteiger partial charge >= 0.3 is 6.09 Å². The molecule has 1 N–H and O–H groups in total. The van der Waals surface area contributed by atoms with Crippen molar-refractivity contribution in [2.45, 2.75) is 45.9 Å². The molecule has 0 spiro atoms. The third kappa shape index (κ3) is 5.63. The molecule has 0 atom stereocenters. The summed E-state index contributed by atoms with van der Waals surface area (Å²) >= 11 is 0. The van der Waals surface area contributed by atoms with E-state index in [0.717, 1.165) is 43.8 Å². The van der Waals surface area contributed by atoms with Crippen LogP contribution >= 0.6 is 0 Å². The van der Waals surface area contributed by atoms with Crippen LogP contribution in [0, 0.1) is 0 Å². The number of carbonyl (C=O) groups excluding carboxylic acids is 1. The van der Waals surface area contributed by atoms with Crippen molar-refractivity contribution in [3.05, 3.63) is 113 Å². The van der Waals surface area contributed by atoms with Crippen molar-refractivity contribution in [3.63, 3.8) is 0 Å². The van der Waals surface area contributed by atoms with Gasteiger partial charge in [0.2, 0.25) is 0 Å². The molecule has 2 aromatic heterocycles. The lowest BCUT2D eigenvalue weighted by Gasteiger charge is -2.19. The molecule has 42 heavy (non-hydrogen) atoms. The summed E-state index contributed by atoms with van der Waals surface area (Å²) in [7, 11) is 0. The Morgan fingerprint density at radius 2 is 1.57 bits per heavy atom. The van der Waals surface area contributed by atoms with Crippen LogP contribution in [0.2, 0.25) is 0 Å². The highest BCUT2D eigenvalue weighted by Gasteiger charge is 2.19. The first kappa shape index (κ1) is 27.3. The Balaban J connectivity index is 1.41. The molecule has 4 aromatic carbocycles. The standard InChI is InChI=1S/C35H34N4O3/c1-35(2,3)42-34(41)36-18-11-19-38-23-28(27-16-9-10-17-30(27)38)32-33(40)39(22-24-12-5-4-6-13-24)31-21-26-15-8-7-14-25(26)20-29(31)37-32/h4-10,12-17,20-21,23H,11,18-19,22H2,1-3H3,(H,36,41). The maximum absolute atomic E-state index is 14.3. The lowest BCUT2D eigenvalue weighted by molar-refractivity contribution is 0.0526. The van der Waals surface area contributed by atoms with Gasteiger partial charge in [0.15, 0.2) is 0 Å². The van der Waals surface area contributed by atoms with Gasteiger partial charge in [-0.05, 0) is 61.7 Å². The Hall–Kier alpha value is -4.91. The minimum Gasteiger partial charge on any atom is -0.444 e. The maximum Gasteiger partial charge on any atom is 0.407 e. The highest BCUT2D eigenvalue weighted by molar-refractivity contribution is 5.98. The van der Waals surface area contributed by atoms with Crippen LogP contribution in [-0.4, -0.2) is 32.4 Å². The maximum atomic E-state index is 14.3. The summed E-state index contributed by atoms with van der Waals surface area (Å²) in [5, 5.41) is 5.94. The van der Waals surface area contributed by atoms with Gasteiger partial charge in [0, 0.05) is 35.8 Å². The quantitative estimate of drug-likeness (QED) is 0.167. The Kier molecular flexibility index (Phi) is 7.25. The second-order valence-corrected chi connectivity index (χ2v) is 11.6. The number of hydrogen-bond acceptors (Lipinski definition) is 4. The lowest BCUT2D eigenvalue weighted by atomic mass is 10.1. The highest BCUT2D eigenvalue weighted by atomic mass is 16.6. The smallest absolute Gasteiger partial charge is 0.407 e. The van der Waals surface area contributed by atoms with Crippen molar-refractivity contribution in [2.75, 3.05) is 6.54 Å². The molecule has 7 nitrogen and oxygen atoms in total. The molecular formula is C35H34N4O3. The van der Waals surface area contributed by atoms with Crippen molar-refractivity contribution < 1.29 is 9.53 Å². The Bertz CT molecular complexity index is 1970. The van der Waals surface area contributed by atoms with E-state index in [2.05, 4.69) is 40.2 Å².